The fraction of sp³-hybridized carbons (Fsp3) is 0.609. The van der Waals surface area contributed by atoms with Gasteiger partial charge < -0.3 is 14.7 Å². The van der Waals surface area contributed by atoms with Crippen LogP contribution in [0.1, 0.15) is 38.7 Å². The minimum absolute atomic E-state index is 0.0537. The van der Waals surface area contributed by atoms with Crippen molar-refractivity contribution < 1.29 is 24.2 Å². The molecular formula is C23H32N2O5S. The van der Waals surface area contributed by atoms with Crippen LogP contribution in [0.5, 0.6) is 0 Å². The lowest BCUT2D eigenvalue weighted by Gasteiger charge is -2.35. The van der Waals surface area contributed by atoms with Gasteiger partial charge in [-0.1, -0.05) is 30.3 Å². The number of carbonyl (C=O) groups excluding carboxylic acids is 2. The molecule has 5 atom stereocenters. The van der Waals surface area contributed by atoms with Gasteiger partial charge in [0.1, 0.15) is 12.1 Å². The Bertz CT molecular complexity index is 774. The third-order valence-electron chi connectivity index (χ3n) is 6.18. The quantitative estimate of drug-likeness (QED) is 0.560. The molecule has 2 heterocycles. The summed E-state index contributed by atoms with van der Waals surface area (Å²) in [4.78, 5) is 39.3. The van der Waals surface area contributed by atoms with Gasteiger partial charge in [-0.15, -0.1) is 0 Å². The normalized spacial score (nSPS) is 24.8. The number of ether oxygens (including phenoxy) is 1. The molecule has 1 amide bonds. The van der Waals surface area contributed by atoms with Gasteiger partial charge in [0, 0.05) is 11.8 Å². The molecule has 7 nitrogen and oxygen atoms in total. The summed E-state index contributed by atoms with van der Waals surface area (Å²) in [7, 11) is 0. The fourth-order valence-corrected chi connectivity index (χ4v) is 5.89. The van der Waals surface area contributed by atoms with Crippen LogP contribution >= 0.6 is 11.8 Å². The van der Waals surface area contributed by atoms with Crippen LogP contribution in [0.15, 0.2) is 30.3 Å². The molecule has 3 unspecified atom stereocenters. The van der Waals surface area contributed by atoms with Crippen molar-refractivity contribution >= 4 is 29.6 Å². The maximum absolute atomic E-state index is 13.3. The molecule has 1 aromatic rings. The maximum Gasteiger partial charge on any atom is 0.326 e. The Balaban J connectivity index is 1.70. The Morgan fingerprint density at radius 2 is 2.03 bits per heavy atom. The summed E-state index contributed by atoms with van der Waals surface area (Å²) in [6.45, 7) is 3.72. The van der Waals surface area contributed by atoms with E-state index in [9.17, 15) is 19.5 Å². The van der Waals surface area contributed by atoms with Crippen LogP contribution in [0.25, 0.3) is 0 Å². The number of nitrogens with zero attached hydrogens (tertiary/aromatic N) is 1. The number of benzene rings is 1. The third kappa shape index (κ3) is 5.80. The molecule has 2 fully saturated rings. The van der Waals surface area contributed by atoms with Gasteiger partial charge in [0.25, 0.3) is 0 Å². The number of fused-ring (bicyclic) bond motifs is 1. The van der Waals surface area contributed by atoms with Crippen LogP contribution in [0.3, 0.4) is 0 Å². The zero-order chi connectivity index (χ0) is 22.4. The lowest BCUT2D eigenvalue weighted by molar-refractivity contribution is -0.151. The molecular weight excluding hydrogens is 416 g/mol. The van der Waals surface area contributed by atoms with Crippen LogP contribution in [-0.4, -0.2) is 70.1 Å². The van der Waals surface area contributed by atoms with Crippen molar-refractivity contribution in [2.24, 2.45) is 5.92 Å². The molecule has 0 spiro atoms. The van der Waals surface area contributed by atoms with E-state index in [1.807, 2.05) is 30.3 Å². The van der Waals surface area contributed by atoms with Gasteiger partial charge in [0.05, 0.1) is 12.6 Å². The van der Waals surface area contributed by atoms with Crippen molar-refractivity contribution in [3.8, 4) is 0 Å². The first-order valence-electron chi connectivity index (χ1n) is 11.0. The van der Waals surface area contributed by atoms with E-state index in [0.29, 0.717) is 19.3 Å². The standard InChI is InChI=1S/C23H32N2O5S/c1-3-30-23(29)18(10-9-16-7-5-4-6-8-16)24-15(2)21(26)25-19(22(27)28)13-17-11-12-31-14-20(17)25/h4-8,15,17-20,24H,3,9-14H2,1-2H3,(H,27,28)/t15?,17?,18-,19-,20?/m0/s1. The van der Waals surface area contributed by atoms with Crippen molar-refractivity contribution in [1.82, 2.24) is 10.2 Å². The number of aryl methyl sites for hydroxylation is 1. The number of carbonyl (C=O) groups is 3. The van der Waals surface area contributed by atoms with E-state index in [4.69, 9.17) is 4.74 Å². The van der Waals surface area contributed by atoms with Gasteiger partial charge >= 0.3 is 11.9 Å². The monoisotopic (exact) mass is 448 g/mol. The lowest BCUT2D eigenvalue weighted by Crippen LogP contribution is -2.56. The predicted octanol–water partition coefficient (Wildman–Crippen LogP) is 2.34. The number of carboxylic acid groups (broad SMARTS) is 1. The van der Waals surface area contributed by atoms with Gasteiger partial charge in [-0.2, -0.15) is 11.8 Å². The summed E-state index contributed by atoms with van der Waals surface area (Å²) in [6.07, 6.45) is 2.60. The van der Waals surface area contributed by atoms with Gasteiger partial charge in [0.2, 0.25) is 5.91 Å². The number of thioether (sulfide) groups is 1. The number of hydrogen-bond acceptors (Lipinski definition) is 6. The van der Waals surface area contributed by atoms with E-state index < -0.39 is 24.1 Å². The Hall–Kier alpha value is -2.06. The average Bonchev–Trinajstić information content (AvgIpc) is 3.16. The number of esters is 1. The van der Waals surface area contributed by atoms with Gasteiger partial charge in [-0.3, -0.25) is 14.9 Å². The molecule has 1 aromatic carbocycles. The Morgan fingerprint density at radius 3 is 2.71 bits per heavy atom. The van der Waals surface area contributed by atoms with Crippen LogP contribution in [0.2, 0.25) is 0 Å². The largest absolute Gasteiger partial charge is 0.480 e. The van der Waals surface area contributed by atoms with Gasteiger partial charge in [0.15, 0.2) is 0 Å². The zero-order valence-corrected chi connectivity index (χ0v) is 19.0. The second-order valence-corrected chi connectivity index (χ2v) is 9.39. The van der Waals surface area contributed by atoms with E-state index in [0.717, 1.165) is 23.5 Å². The van der Waals surface area contributed by atoms with Crippen LogP contribution in [0, 0.1) is 5.92 Å². The molecule has 170 valence electrons. The minimum atomic E-state index is -0.953. The molecule has 31 heavy (non-hydrogen) atoms. The molecule has 2 aliphatic rings. The highest BCUT2D eigenvalue weighted by molar-refractivity contribution is 7.99. The van der Waals surface area contributed by atoms with Crippen molar-refractivity contribution in [1.29, 1.82) is 0 Å². The summed E-state index contributed by atoms with van der Waals surface area (Å²) in [6, 6.07) is 7.67. The maximum atomic E-state index is 13.3. The summed E-state index contributed by atoms with van der Waals surface area (Å²) in [5.74, 6) is 0.413. The van der Waals surface area contributed by atoms with E-state index in [1.54, 1.807) is 30.5 Å². The molecule has 2 aliphatic heterocycles. The predicted molar refractivity (Wildman–Crippen MR) is 120 cm³/mol. The molecule has 3 rings (SSSR count). The van der Waals surface area contributed by atoms with Gasteiger partial charge in [-0.05, 0) is 56.8 Å². The molecule has 0 bridgehead atoms. The lowest BCUT2D eigenvalue weighted by atomic mass is 9.97. The highest BCUT2D eigenvalue weighted by Gasteiger charge is 2.48. The molecule has 0 aromatic heterocycles. The highest BCUT2D eigenvalue weighted by atomic mass is 32.2. The van der Waals surface area contributed by atoms with Crippen LogP contribution < -0.4 is 5.32 Å². The van der Waals surface area contributed by atoms with Crippen LogP contribution in [0.4, 0.5) is 0 Å². The van der Waals surface area contributed by atoms with E-state index in [1.165, 1.54) is 0 Å². The second kappa shape index (κ2) is 11.0. The van der Waals surface area contributed by atoms with Crippen molar-refractivity contribution in [2.75, 3.05) is 18.1 Å². The molecule has 0 saturated carbocycles. The van der Waals surface area contributed by atoms with Crippen LogP contribution in [-0.2, 0) is 25.5 Å². The molecule has 0 radical (unpaired) electrons. The third-order valence-corrected chi connectivity index (χ3v) is 7.28. The zero-order valence-electron chi connectivity index (χ0n) is 18.2. The van der Waals surface area contributed by atoms with Crippen molar-refractivity contribution in [3.05, 3.63) is 35.9 Å². The summed E-state index contributed by atoms with van der Waals surface area (Å²) < 4.78 is 5.22. The van der Waals surface area contributed by atoms with E-state index in [2.05, 4.69) is 5.32 Å². The molecule has 8 heteroatoms. The Morgan fingerprint density at radius 1 is 1.29 bits per heavy atom. The minimum Gasteiger partial charge on any atom is -0.480 e. The number of carboxylic acids is 1. The first-order valence-corrected chi connectivity index (χ1v) is 12.2. The number of hydrogen-bond donors (Lipinski definition) is 2. The number of nitrogens with one attached hydrogen (secondary N) is 1. The van der Waals surface area contributed by atoms with Crippen molar-refractivity contribution in [2.45, 2.75) is 63.7 Å². The molecule has 0 aliphatic carbocycles. The number of rotatable bonds is 9. The SMILES string of the molecule is CCOC(=O)[C@H](CCc1ccccc1)NC(C)C(=O)N1C2CSCCC2C[C@H]1C(=O)O. The van der Waals surface area contributed by atoms with Crippen molar-refractivity contribution in [3.63, 3.8) is 0 Å². The topological polar surface area (TPSA) is 95.9 Å². The molecule has 2 N–H and O–H groups in total. The Labute approximate surface area is 187 Å². The molecule has 2 saturated heterocycles. The first kappa shape index (κ1) is 23.6. The number of likely N-dealkylation sites (tertiary alicyclic amines) is 1. The summed E-state index contributed by atoms with van der Waals surface area (Å²) in [5.41, 5.74) is 1.10. The van der Waals surface area contributed by atoms with E-state index >= 15 is 0 Å². The Kier molecular flexibility index (Phi) is 8.37. The first-order chi connectivity index (χ1) is 14.9. The number of amides is 1. The van der Waals surface area contributed by atoms with Gasteiger partial charge in [-0.25, -0.2) is 4.79 Å². The summed E-state index contributed by atoms with van der Waals surface area (Å²) >= 11 is 1.77. The highest BCUT2D eigenvalue weighted by Crippen LogP contribution is 2.39. The second-order valence-electron chi connectivity index (χ2n) is 8.24. The average molecular weight is 449 g/mol. The number of aliphatic carboxylic acids is 1. The summed E-state index contributed by atoms with van der Waals surface area (Å²) in [5, 5.41) is 12.9. The fourth-order valence-electron chi connectivity index (χ4n) is 4.58. The van der Waals surface area contributed by atoms with E-state index in [-0.39, 0.29) is 30.4 Å². The smallest absolute Gasteiger partial charge is 0.326 e.